The van der Waals surface area contributed by atoms with Gasteiger partial charge in [-0.15, -0.1) is 6.58 Å². The largest absolute Gasteiger partial charge is 0.493 e. The number of hydrogen-bond donors (Lipinski definition) is 0. The SMILES string of the molecule is C1CCC1.C=CCOc1cc2c(cc1OC)C1Cc3ccc(OC)c(OS(=O)(=O)c4ccccc4)c3C(CC=C)N1CC2. The molecule has 0 bridgehead atoms. The average molecular weight is 604 g/mol. The molecule has 7 nitrogen and oxygen atoms in total. The Labute approximate surface area is 255 Å². The van der Waals surface area contributed by atoms with Crippen molar-refractivity contribution in [3.63, 3.8) is 0 Å². The Morgan fingerprint density at radius 2 is 1.60 bits per heavy atom. The van der Waals surface area contributed by atoms with Crippen LogP contribution in [0.1, 0.15) is 66.4 Å². The highest BCUT2D eigenvalue weighted by Crippen LogP contribution is 2.52. The summed E-state index contributed by atoms with van der Waals surface area (Å²) in [6, 6.07) is 16.0. The van der Waals surface area contributed by atoms with Gasteiger partial charge in [0.1, 0.15) is 11.5 Å². The third-order valence-corrected chi connectivity index (χ3v) is 9.65. The molecule has 0 radical (unpaired) electrons. The lowest BCUT2D eigenvalue weighted by atomic mass is 9.79. The van der Waals surface area contributed by atoms with Gasteiger partial charge < -0.3 is 18.4 Å². The Morgan fingerprint density at radius 1 is 0.884 bits per heavy atom. The Balaban J connectivity index is 0.000000850. The van der Waals surface area contributed by atoms with Crippen LogP contribution >= 0.6 is 0 Å². The van der Waals surface area contributed by atoms with E-state index in [0.717, 1.165) is 24.1 Å². The number of methoxy groups -OCH3 is 2. The maximum Gasteiger partial charge on any atom is 0.339 e. The molecule has 1 aliphatic carbocycles. The van der Waals surface area contributed by atoms with Crippen LogP contribution in [0.4, 0.5) is 0 Å². The molecule has 6 rings (SSSR count). The summed E-state index contributed by atoms with van der Waals surface area (Å²) in [6.07, 6.45) is 11.7. The van der Waals surface area contributed by atoms with Gasteiger partial charge in [0, 0.05) is 24.2 Å². The lowest BCUT2D eigenvalue weighted by Crippen LogP contribution is -2.43. The van der Waals surface area contributed by atoms with Crippen LogP contribution in [0.3, 0.4) is 0 Å². The summed E-state index contributed by atoms with van der Waals surface area (Å²) in [6.45, 7) is 8.93. The summed E-state index contributed by atoms with van der Waals surface area (Å²) >= 11 is 0. The molecule has 2 heterocycles. The molecule has 3 aromatic rings. The first-order chi connectivity index (χ1) is 20.9. The molecule has 2 unspecified atom stereocenters. The third-order valence-electron chi connectivity index (χ3n) is 8.41. The van der Waals surface area contributed by atoms with Crippen molar-refractivity contribution < 1.29 is 26.8 Å². The summed E-state index contributed by atoms with van der Waals surface area (Å²) in [5.74, 6) is 2.00. The average Bonchev–Trinajstić information content (AvgIpc) is 2.99. The number of hydrogen-bond acceptors (Lipinski definition) is 7. The van der Waals surface area contributed by atoms with Gasteiger partial charge in [-0.3, -0.25) is 4.90 Å². The van der Waals surface area contributed by atoms with Gasteiger partial charge >= 0.3 is 10.1 Å². The predicted molar refractivity (Wildman–Crippen MR) is 169 cm³/mol. The van der Waals surface area contributed by atoms with E-state index in [1.807, 2.05) is 12.1 Å². The molecular weight excluding hydrogens is 562 g/mol. The van der Waals surface area contributed by atoms with Crippen molar-refractivity contribution in [1.82, 2.24) is 4.90 Å². The normalized spacial score (nSPS) is 18.7. The van der Waals surface area contributed by atoms with Crippen molar-refractivity contribution in [3.05, 3.63) is 102 Å². The minimum atomic E-state index is -4.08. The maximum absolute atomic E-state index is 13.3. The van der Waals surface area contributed by atoms with Crippen LogP contribution in [0.2, 0.25) is 0 Å². The second-order valence-electron chi connectivity index (χ2n) is 11.0. The highest BCUT2D eigenvalue weighted by atomic mass is 32.2. The smallest absolute Gasteiger partial charge is 0.339 e. The summed E-state index contributed by atoms with van der Waals surface area (Å²) in [5.41, 5.74) is 4.24. The van der Waals surface area contributed by atoms with Crippen LogP contribution in [0.5, 0.6) is 23.0 Å². The molecule has 1 fully saturated rings. The number of benzene rings is 3. The van der Waals surface area contributed by atoms with Crippen LogP contribution < -0.4 is 18.4 Å². The van der Waals surface area contributed by atoms with E-state index in [1.165, 1.54) is 56.1 Å². The minimum Gasteiger partial charge on any atom is -0.493 e. The fraction of sp³-hybridized carbons (Fsp3) is 0.371. The second kappa shape index (κ2) is 13.7. The number of nitrogens with zero attached hydrogens (tertiary/aromatic N) is 1. The Bertz CT molecular complexity index is 1540. The molecule has 0 saturated heterocycles. The van der Waals surface area contributed by atoms with Crippen LogP contribution in [0.15, 0.2) is 84.8 Å². The van der Waals surface area contributed by atoms with E-state index in [0.29, 0.717) is 36.7 Å². The molecular formula is C35H41NO6S. The molecule has 0 spiro atoms. The summed E-state index contributed by atoms with van der Waals surface area (Å²) < 4.78 is 49.6. The zero-order valence-electron chi connectivity index (χ0n) is 25.1. The van der Waals surface area contributed by atoms with Gasteiger partial charge in [-0.25, -0.2) is 0 Å². The molecule has 2 atom stereocenters. The van der Waals surface area contributed by atoms with E-state index in [4.69, 9.17) is 18.4 Å². The van der Waals surface area contributed by atoms with E-state index in [2.05, 4.69) is 30.2 Å². The topological polar surface area (TPSA) is 74.3 Å². The maximum atomic E-state index is 13.3. The molecule has 2 aliphatic heterocycles. The molecule has 1 saturated carbocycles. The summed E-state index contributed by atoms with van der Waals surface area (Å²) in [7, 11) is -0.916. The first kappa shape index (κ1) is 30.7. The molecule has 0 amide bonds. The predicted octanol–water partition coefficient (Wildman–Crippen LogP) is 7.37. The van der Waals surface area contributed by atoms with E-state index in [1.54, 1.807) is 37.5 Å². The third kappa shape index (κ3) is 6.45. The van der Waals surface area contributed by atoms with E-state index in [-0.39, 0.29) is 22.7 Å². The Kier molecular flexibility index (Phi) is 9.78. The monoisotopic (exact) mass is 603 g/mol. The fourth-order valence-corrected chi connectivity index (χ4v) is 6.92. The zero-order chi connectivity index (χ0) is 30.4. The van der Waals surface area contributed by atoms with Crippen LogP contribution in [0, 0.1) is 0 Å². The van der Waals surface area contributed by atoms with Gasteiger partial charge in [-0.1, -0.05) is 68.7 Å². The number of rotatable bonds is 10. The summed E-state index contributed by atoms with van der Waals surface area (Å²) in [5, 5.41) is 0. The highest BCUT2D eigenvalue weighted by Gasteiger charge is 2.41. The van der Waals surface area contributed by atoms with Crippen molar-refractivity contribution in [1.29, 1.82) is 0 Å². The molecule has 8 heteroatoms. The van der Waals surface area contributed by atoms with Crippen molar-refractivity contribution in [2.45, 2.75) is 61.9 Å². The molecule has 228 valence electrons. The Hall–Kier alpha value is -3.75. The van der Waals surface area contributed by atoms with Gasteiger partial charge in [0.2, 0.25) is 0 Å². The van der Waals surface area contributed by atoms with Crippen molar-refractivity contribution in [3.8, 4) is 23.0 Å². The lowest BCUT2D eigenvalue weighted by Gasteiger charge is -2.47. The quantitative estimate of drug-likeness (QED) is 0.177. The number of ether oxygens (including phenoxy) is 3. The van der Waals surface area contributed by atoms with Gasteiger partial charge in [-0.05, 0) is 66.3 Å². The standard InChI is InChI=1S/C31H33NO6S.C4H8/c1-5-10-25-30-22(13-14-27(35-3)31(30)38-39(33,34)23-11-8-7-9-12-23)18-26-24-20-28(36-4)29(37-17-6-2)19-21(24)15-16-32(25)26;1-2-4-3-1/h5-9,11-14,19-20,25-26H,1-2,10,15-18H2,3-4H3;1-4H2. The van der Waals surface area contributed by atoms with Gasteiger partial charge in [-0.2, -0.15) is 8.42 Å². The van der Waals surface area contributed by atoms with Crippen LogP contribution in [-0.4, -0.2) is 40.7 Å². The first-order valence-corrected chi connectivity index (χ1v) is 16.3. The van der Waals surface area contributed by atoms with Crippen LogP contribution in [-0.2, 0) is 23.0 Å². The molecule has 0 aromatic heterocycles. The van der Waals surface area contributed by atoms with Crippen molar-refractivity contribution >= 4 is 10.1 Å². The molecule has 43 heavy (non-hydrogen) atoms. The zero-order valence-corrected chi connectivity index (χ0v) is 25.9. The van der Waals surface area contributed by atoms with Crippen LogP contribution in [0.25, 0.3) is 0 Å². The number of fused-ring (bicyclic) bond motifs is 4. The fourth-order valence-electron chi connectivity index (χ4n) is 5.94. The highest BCUT2D eigenvalue weighted by molar-refractivity contribution is 7.87. The Morgan fingerprint density at radius 3 is 2.23 bits per heavy atom. The van der Waals surface area contributed by atoms with Crippen molar-refractivity contribution in [2.24, 2.45) is 0 Å². The van der Waals surface area contributed by atoms with E-state index in [9.17, 15) is 8.42 Å². The van der Waals surface area contributed by atoms with E-state index < -0.39 is 10.1 Å². The first-order valence-electron chi connectivity index (χ1n) is 14.9. The van der Waals surface area contributed by atoms with Gasteiger partial charge in [0.25, 0.3) is 0 Å². The molecule has 3 aliphatic rings. The minimum absolute atomic E-state index is 0.0699. The second-order valence-corrected chi connectivity index (χ2v) is 12.5. The van der Waals surface area contributed by atoms with Gasteiger partial charge in [0.05, 0.1) is 14.2 Å². The summed E-state index contributed by atoms with van der Waals surface area (Å²) in [4.78, 5) is 2.50. The molecule has 3 aromatic carbocycles. The van der Waals surface area contributed by atoms with Gasteiger partial charge in [0.15, 0.2) is 23.0 Å². The van der Waals surface area contributed by atoms with E-state index >= 15 is 0 Å². The molecule has 0 N–H and O–H groups in total. The van der Waals surface area contributed by atoms with Crippen molar-refractivity contribution in [2.75, 3.05) is 27.4 Å². The lowest BCUT2D eigenvalue weighted by molar-refractivity contribution is 0.106.